The van der Waals surface area contributed by atoms with E-state index in [4.69, 9.17) is 9.47 Å². The van der Waals surface area contributed by atoms with Gasteiger partial charge in [0.15, 0.2) is 5.57 Å². The maximum absolute atomic E-state index is 13.3. The van der Waals surface area contributed by atoms with Gasteiger partial charge in [0.25, 0.3) is 5.91 Å². The van der Waals surface area contributed by atoms with E-state index in [2.05, 4.69) is 6.92 Å². The first-order chi connectivity index (χ1) is 12.3. The average Bonchev–Trinajstić information content (AvgIpc) is 2.87. The Bertz CT molecular complexity index is 877. The normalized spacial score (nSPS) is 21.8. The van der Waals surface area contributed by atoms with Gasteiger partial charge in [0.05, 0.1) is 25.0 Å². The Morgan fingerprint density at radius 2 is 2.12 bits per heavy atom. The predicted molar refractivity (Wildman–Crippen MR) is 96.8 cm³/mol. The van der Waals surface area contributed by atoms with Crippen molar-refractivity contribution in [3.05, 3.63) is 28.8 Å². The van der Waals surface area contributed by atoms with Crippen molar-refractivity contribution in [2.75, 3.05) is 18.6 Å². The molecule has 2 aliphatic rings. The number of carbonyl (C=O) groups is 2. The summed E-state index contributed by atoms with van der Waals surface area (Å²) in [5, 5.41) is 9.57. The van der Waals surface area contributed by atoms with Crippen LogP contribution in [-0.2, 0) is 14.3 Å². The van der Waals surface area contributed by atoms with E-state index in [1.165, 1.54) is 0 Å². The molecule has 3 rings (SSSR count). The number of benzene rings is 1. The lowest BCUT2D eigenvalue weighted by Crippen LogP contribution is -2.49. The largest absolute Gasteiger partial charge is 0.497 e. The number of esters is 1. The maximum atomic E-state index is 13.3. The van der Waals surface area contributed by atoms with E-state index in [9.17, 15) is 14.9 Å². The smallest absolute Gasteiger partial charge is 0.349 e. The van der Waals surface area contributed by atoms with Gasteiger partial charge in [0.2, 0.25) is 0 Å². The molecule has 0 fully saturated rings. The molecule has 0 aliphatic carbocycles. The van der Waals surface area contributed by atoms with Crippen molar-refractivity contribution in [2.45, 2.75) is 45.6 Å². The van der Waals surface area contributed by atoms with Crippen molar-refractivity contribution in [1.29, 1.82) is 5.26 Å². The van der Waals surface area contributed by atoms with Gasteiger partial charge in [-0.05, 0) is 50.8 Å². The maximum Gasteiger partial charge on any atom is 0.349 e. The Morgan fingerprint density at radius 1 is 1.42 bits per heavy atom. The van der Waals surface area contributed by atoms with Crippen LogP contribution in [0.5, 0.6) is 5.75 Å². The standard InChI is InChI=1S/C20H22N2O4/c1-6-26-19(24)15(10-21)16-14-8-12(25-5)7-13-11(2)9-20(3,4)22(17(13)14)18(16)23/h7-8,11H,6,9H2,1-5H3/b16-15-/t11-/m1/s1. The van der Waals surface area contributed by atoms with Crippen LogP contribution in [0.15, 0.2) is 17.7 Å². The zero-order valence-electron chi connectivity index (χ0n) is 15.7. The minimum Gasteiger partial charge on any atom is -0.497 e. The number of nitriles is 1. The monoisotopic (exact) mass is 354 g/mol. The molecule has 1 aromatic rings. The molecule has 0 aromatic heterocycles. The molecule has 26 heavy (non-hydrogen) atoms. The molecule has 2 aliphatic heterocycles. The molecule has 0 N–H and O–H groups in total. The Morgan fingerprint density at radius 3 is 2.69 bits per heavy atom. The number of rotatable bonds is 3. The van der Waals surface area contributed by atoms with Crippen LogP contribution in [-0.4, -0.2) is 31.1 Å². The molecular formula is C20H22N2O4. The summed E-state index contributed by atoms with van der Waals surface area (Å²) in [5.41, 5.74) is 1.74. The van der Waals surface area contributed by atoms with Crippen molar-refractivity contribution in [1.82, 2.24) is 0 Å². The Kier molecular flexibility index (Phi) is 4.27. The van der Waals surface area contributed by atoms with Crippen LogP contribution in [0.25, 0.3) is 5.57 Å². The van der Waals surface area contributed by atoms with E-state index in [1.54, 1.807) is 25.0 Å². The number of methoxy groups -OCH3 is 1. The number of anilines is 1. The molecular weight excluding hydrogens is 332 g/mol. The molecule has 6 heteroatoms. The fraction of sp³-hybridized carbons (Fsp3) is 0.450. The van der Waals surface area contributed by atoms with Crippen LogP contribution in [0, 0.1) is 11.3 Å². The molecule has 2 heterocycles. The average molecular weight is 354 g/mol. The number of nitrogens with zero attached hydrogens (tertiary/aromatic N) is 2. The van der Waals surface area contributed by atoms with E-state index in [0.29, 0.717) is 11.3 Å². The topological polar surface area (TPSA) is 79.6 Å². The number of hydrogen-bond donors (Lipinski definition) is 0. The van der Waals surface area contributed by atoms with Crippen LogP contribution in [0.1, 0.15) is 51.2 Å². The summed E-state index contributed by atoms with van der Waals surface area (Å²) in [5.74, 6) is -0.305. The summed E-state index contributed by atoms with van der Waals surface area (Å²) in [6.45, 7) is 7.90. The van der Waals surface area contributed by atoms with Crippen LogP contribution < -0.4 is 9.64 Å². The van der Waals surface area contributed by atoms with Crippen LogP contribution in [0.4, 0.5) is 5.69 Å². The molecule has 0 unspecified atom stereocenters. The first kappa shape index (κ1) is 18.0. The zero-order chi connectivity index (χ0) is 19.2. The SMILES string of the molecule is CCOC(=O)/C(C#N)=C1\C(=O)N2c3c1cc(OC)cc3[C@H](C)CC2(C)C. The molecule has 0 saturated heterocycles. The van der Waals surface area contributed by atoms with Crippen LogP contribution in [0.3, 0.4) is 0 Å². The molecule has 0 radical (unpaired) electrons. The molecule has 136 valence electrons. The summed E-state index contributed by atoms with van der Waals surface area (Å²) in [7, 11) is 1.56. The van der Waals surface area contributed by atoms with Crippen LogP contribution in [0.2, 0.25) is 0 Å². The second-order valence-corrected chi connectivity index (χ2v) is 7.25. The van der Waals surface area contributed by atoms with E-state index in [0.717, 1.165) is 17.7 Å². The van der Waals surface area contributed by atoms with Gasteiger partial charge >= 0.3 is 5.97 Å². The number of hydrogen-bond acceptors (Lipinski definition) is 5. The third-order valence-corrected chi connectivity index (χ3v) is 5.04. The van der Waals surface area contributed by atoms with Crippen molar-refractivity contribution >= 4 is 23.1 Å². The molecule has 0 saturated carbocycles. The van der Waals surface area contributed by atoms with Gasteiger partial charge in [0.1, 0.15) is 11.8 Å². The summed E-state index contributed by atoms with van der Waals surface area (Å²) in [6, 6.07) is 5.53. The van der Waals surface area contributed by atoms with Gasteiger partial charge < -0.3 is 14.4 Å². The summed E-state index contributed by atoms with van der Waals surface area (Å²) in [4.78, 5) is 27.3. The van der Waals surface area contributed by atoms with Crippen molar-refractivity contribution in [2.24, 2.45) is 0 Å². The second-order valence-electron chi connectivity index (χ2n) is 7.25. The van der Waals surface area contributed by atoms with E-state index >= 15 is 0 Å². The molecule has 0 bridgehead atoms. The van der Waals surface area contributed by atoms with Crippen LogP contribution >= 0.6 is 0 Å². The van der Waals surface area contributed by atoms with Gasteiger partial charge in [-0.2, -0.15) is 5.26 Å². The molecule has 1 aromatic carbocycles. The van der Waals surface area contributed by atoms with Crippen molar-refractivity contribution < 1.29 is 19.1 Å². The lowest BCUT2D eigenvalue weighted by Gasteiger charge is -2.43. The number of ether oxygens (including phenoxy) is 2. The van der Waals surface area contributed by atoms with Gasteiger partial charge in [-0.1, -0.05) is 6.92 Å². The first-order valence-electron chi connectivity index (χ1n) is 8.65. The second kappa shape index (κ2) is 6.17. The third-order valence-electron chi connectivity index (χ3n) is 5.04. The number of amides is 1. The van der Waals surface area contributed by atoms with Gasteiger partial charge in [-0.3, -0.25) is 4.79 Å². The van der Waals surface area contributed by atoms with Gasteiger partial charge in [0, 0.05) is 11.1 Å². The van der Waals surface area contributed by atoms with Crippen molar-refractivity contribution in [3.63, 3.8) is 0 Å². The molecule has 0 spiro atoms. The summed E-state index contributed by atoms with van der Waals surface area (Å²) >= 11 is 0. The molecule has 1 amide bonds. The minimum absolute atomic E-state index is 0.100. The molecule has 1 atom stereocenters. The zero-order valence-corrected chi connectivity index (χ0v) is 15.7. The predicted octanol–water partition coefficient (Wildman–Crippen LogP) is 3.17. The highest BCUT2D eigenvalue weighted by atomic mass is 16.5. The highest BCUT2D eigenvalue weighted by molar-refractivity contribution is 6.37. The lowest BCUT2D eigenvalue weighted by atomic mass is 9.80. The number of carbonyl (C=O) groups excluding carboxylic acids is 2. The minimum atomic E-state index is -0.777. The Balaban J connectivity index is 2.36. The quantitative estimate of drug-likeness (QED) is 0.473. The lowest BCUT2D eigenvalue weighted by molar-refractivity contribution is -0.138. The summed E-state index contributed by atoms with van der Waals surface area (Å²) in [6.07, 6.45) is 0.771. The van der Waals surface area contributed by atoms with E-state index in [1.807, 2.05) is 26.0 Å². The van der Waals surface area contributed by atoms with E-state index in [-0.39, 0.29) is 29.6 Å². The summed E-state index contributed by atoms with van der Waals surface area (Å²) < 4.78 is 10.4. The highest BCUT2D eigenvalue weighted by Crippen LogP contribution is 2.53. The Labute approximate surface area is 153 Å². The van der Waals surface area contributed by atoms with Crippen molar-refractivity contribution in [3.8, 4) is 11.8 Å². The van der Waals surface area contributed by atoms with Gasteiger partial charge in [-0.15, -0.1) is 0 Å². The molecule has 6 nitrogen and oxygen atoms in total. The highest BCUT2D eigenvalue weighted by Gasteiger charge is 2.49. The third kappa shape index (κ3) is 2.47. The fourth-order valence-corrected chi connectivity index (χ4v) is 4.07. The van der Waals surface area contributed by atoms with Gasteiger partial charge in [-0.25, -0.2) is 4.79 Å². The fourth-order valence-electron chi connectivity index (χ4n) is 4.07. The first-order valence-corrected chi connectivity index (χ1v) is 8.65. The van der Waals surface area contributed by atoms with E-state index < -0.39 is 11.5 Å². The Hall–Kier alpha value is -2.81.